The Morgan fingerprint density at radius 1 is 1.14 bits per heavy atom. The lowest BCUT2D eigenvalue weighted by atomic mass is 10.2. The zero-order valence-electron chi connectivity index (χ0n) is 14.5. The highest BCUT2D eigenvalue weighted by Crippen LogP contribution is 2.21. The van der Waals surface area contributed by atoms with E-state index in [0.717, 1.165) is 16.6 Å². The van der Waals surface area contributed by atoms with Crippen LogP contribution < -0.4 is 10.6 Å². The average molecular weight is 449 g/mol. The van der Waals surface area contributed by atoms with E-state index in [-0.39, 0.29) is 24.4 Å². The zero-order chi connectivity index (χ0) is 20.1. The summed E-state index contributed by atoms with van der Waals surface area (Å²) in [6, 6.07) is 9.80. The number of aromatic nitrogens is 2. The molecular weight excluding hydrogens is 434 g/mol. The Bertz CT molecular complexity index is 1020. The summed E-state index contributed by atoms with van der Waals surface area (Å²) in [5.41, 5.74) is 0.953. The van der Waals surface area contributed by atoms with Crippen LogP contribution in [0.2, 0.25) is 0 Å². The van der Waals surface area contributed by atoms with Gasteiger partial charge in [0.2, 0.25) is 5.91 Å². The van der Waals surface area contributed by atoms with E-state index in [1.165, 1.54) is 0 Å². The second-order valence-corrected chi connectivity index (χ2v) is 6.71. The van der Waals surface area contributed by atoms with Gasteiger partial charge in [0.25, 0.3) is 5.91 Å². The minimum Gasteiger partial charge on any atom is -0.351 e. The van der Waals surface area contributed by atoms with E-state index in [0.29, 0.717) is 17.4 Å². The van der Waals surface area contributed by atoms with Crippen LogP contribution in [-0.2, 0) is 4.79 Å². The molecule has 0 aliphatic heterocycles. The molecule has 0 aliphatic carbocycles. The number of hydrogen-bond donors (Lipinski definition) is 2. The van der Waals surface area contributed by atoms with Crippen molar-refractivity contribution in [2.75, 3.05) is 11.9 Å². The van der Waals surface area contributed by atoms with E-state index in [9.17, 15) is 18.4 Å². The van der Waals surface area contributed by atoms with Crippen LogP contribution in [0.1, 0.15) is 16.8 Å². The highest BCUT2D eigenvalue weighted by molar-refractivity contribution is 9.10. The van der Waals surface area contributed by atoms with Gasteiger partial charge in [-0.15, -0.1) is 0 Å². The first kappa shape index (κ1) is 19.7. The van der Waals surface area contributed by atoms with E-state index in [4.69, 9.17) is 0 Å². The van der Waals surface area contributed by atoms with Crippen molar-refractivity contribution in [2.45, 2.75) is 6.42 Å². The fraction of sp³-hybridized carbons (Fsp3) is 0.105. The summed E-state index contributed by atoms with van der Waals surface area (Å²) in [6.07, 6.45) is 3.36. The first-order valence-electron chi connectivity index (χ1n) is 8.27. The van der Waals surface area contributed by atoms with Crippen molar-refractivity contribution in [2.24, 2.45) is 0 Å². The minimum absolute atomic E-state index is 0.00301. The second kappa shape index (κ2) is 8.75. The summed E-state index contributed by atoms with van der Waals surface area (Å²) in [6.45, 7) is -0.00301. The number of nitrogens with zero attached hydrogens (tertiary/aromatic N) is 2. The predicted molar refractivity (Wildman–Crippen MR) is 103 cm³/mol. The Kier molecular flexibility index (Phi) is 6.15. The molecule has 0 unspecified atom stereocenters. The summed E-state index contributed by atoms with van der Waals surface area (Å²) in [7, 11) is 0. The molecule has 0 saturated carbocycles. The van der Waals surface area contributed by atoms with Gasteiger partial charge in [-0.1, -0.05) is 12.1 Å². The quantitative estimate of drug-likeness (QED) is 0.603. The molecule has 2 N–H and O–H groups in total. The maximum Gasteiger partial charge on any atom is 0.254 e. The highest BCUT2D eigenvalue weighted by atomic mass is 79.9. The number of halogens is 3. The predicted octanol–water partition coefficient (Wildman–Crippen LogP) is 3.67. The van der Waals surface area contributed by atoms with Crippen LogP contribution in [0.25, 0.3) is 5.69 Å². The van der Waals surface area contributed by atoms with E-state index < -0.39 is 17.5 Å². The SMILES string of the molecule is O=C(CCNC(=O)c1ccc(F)cc1F)Nc1ccccc1-n1cc(Br)cn1. The first-order valence-corrected chi connectivity index (χ1v) is 9.06. The Balaban J connectivity index is 1.57. The zero-order valence-corrected chi connectivity index (χ0v) is 16.0. The fourth-order valence-corrected chi connectivity index (χ4v) is 2.77. The van der Waals surface area contributed by atoms with Crippen LogP contribution in [0, 0.1) is 11.6 Å². The normalized spacial score (nSPS) is 10.5. The van der Waals surface area contributed by atoms with Crippen molar-refractivity contribution in [3.05, 3.63) is 76.5 Å². The maximum absolute atomic E-state index is 13.6. The summed E-state index contributed by atoms with van der Waals surface area (Å²) in [4.78, 5) is 24.1. The van der Waals surface area contributed by atoms with Crippen molar-refractivity contribution in [1.29, 1.82) is 0 Å². The van der Waals surface area contributed by atoms with Gasteiger partial charge >= 0.3 is 0 Å². The van der Waals surface area contributed by atoms with Gasteiger partial charge in [0, 0.05) is 25.2 Å². The Morgan fingerprint density at radius 3 is 2.64 bits per heavy atom. The monoisotopic (exact) mass is 448 g/mol. The number of hydrogen-bond acceptors (Lipinski definition) is 3. The van der Waals surface area contributed by atoms with Crippen LogP contribution in [0.3, 0.4) is 0 Å². The van der Waals surface area contributed by atoms with Gasteiger partial charge in [-0.3, -0.25) is 9.59 Å². The standard InChI is InChI=1S/C19H15BrF2N4O2/c20-12-10-24-26(11-12)17-4-2-1-3-16(17)25-18(27)7-8-23-19(28)14-6-5-13(21)9-15(14)22/h1-6,9-11H,7-8H2,(H,23,28)(H,25,27). The lowest BCUT2D eigenvalue weighted by molar-refractivity contribution is -0.116. The maximum atomic E-state index is 13.6. The van der Waals surface area contributed by atoms with Gasteiger partial charge in [-0.05, 0) is 40.2 Å². The Morgan fingerprint density at radius 2 is 1.93 bits per heavy atom. The summed E-state index contributed by atoms with van der Waals surface area (Å²) in [5, 5.41) is 9.39. The third-order valence-corrected chi connectivity index (χ3v) is 4.20. The van der Waals surface area contributed by atoms with Crippen molar-refractivity contribution < 1.29 is 18.4 Å². The van der Waals surface area contributed by atoms with E-state index in [1.807, 2.05) is 6.07 Å². The molecule has 2 amide bonds. The van der Waals surface area contributed by atoms with Gasteiger partial charge in [0.05, 0.1) is 27.6 Å². The molecular formula is C19H15BrF2N4O2. The molecule has 1 aromatic heterocycles. The van der Waals surface area contributed by atoms with Crippen LogP contribution in [0.4, 0.5) is 14.5 Å². The summed E-state index contributed by atoms with van der Waals surface area (Å²) in [5.74, 6) is -2.77. The molecule has 2 aromatic carbocycles. The molecule has 28 heavy (non-hydrogen) atoms. The molecule has 0 aliphatic rings. The molecule has 0 radical (unpaired) electrons. The van der Waals surface area contributed by atoms with Gasteiger partial charge in [0.1, 0.15) is 11.6 Å². The van der Waals surface area contributed by atoms with E-state index in [2.05, 4.69) is 31.7 Å². The van der Waals surface area contributed by atoms with Gasteiger partial charge in [0.15, 0.2) is 0 Å². The molecule has 1 heterocycles. The number of benzene rings is 2. The number of rotatable bonds is 6. The number of para-hydroxylation sites is 2. The average Bonchev–Trinajstić information content (AvgIpc) is 3.08. The topological polar surface area (TPSA) is 76.0 Å². The number of carbonyl (C=O) groups is 2. The molecule has 3 aromatic rings. The molecule has 0 saturated heterocycles. The van der Waals surface area contributed by atoms with Gasteiger partial charge < -0.3 is 10.6 Å². The lowest BCUT2D eigenvalue weighted by Crippen LogP contribution is -2.28. The van der Waals surface area contributed by atoms with Gasteiger partial charge in [-0.2, -0.15) is 5.10 Å². The molecule has 0 spiro atoms. The molecule has 6 nitrogen and oxygen atoms in total. The van der Waals surface area contributed by atoms with E-state index in [1.54, 1.807) is 35.3 Å². The smallest absolute Gasteiger partial charge is 0.254 e. The molecule has 0 atom stereocenters. The fourth-order valence-electron chi connectivity index (χ4n) is 2.48. The third-order valence-electron chi connectivity index (χ3n) is 3.79. The third kappa shape index (κ3) is 4.80. The molecule has 0 fully saturated rings. The Labute approximate surface area is 167 Å². The minimum atomic E-state index is -0.957. The molecule has 9 heteroatoms. The van der Waals surface area contributed by atoms with E-state index >= 15 is 0 Å². The largest absolute Gasteiger partial charge is 0.351 e. The number of amides is 2. The summed E-state index contributed by atoms with van der Waals surface area (Å²) < 4.78 is 28.9. The lowest BCUT2D eigenvalue weighted by Gasteiger charge is -2.11. The first-order chi connectivity index (χ1) is 13.4. The van der Waals surface area contributed by atoms with Crippen LogP contribution in [-0.4, -0.2) is 28.1 Å². The number of anilines is 1. The second-order valence-electron chi connectivity index (χ2n) is 5.80. The highest BCUT2D eigenvalue weighted by Gasteiger charge is 2.13. The van der Waals surface area contributed by atoms with Crippen molar-refractivity contribution in [3.63, 3.8) is 0 Å². The molecule has 3 rings (SSSR count). The van der Waals surface area contributed by atoms with Crippen molar-refractivity contribution in [3.8, 4) is 5.69 Å². The van der Waals surface area contributed by atoms with Crippen LogP contribution in [0.5, 0.6) is 0 Å². The number of nitrogens with one attached hydrogen (secondary N) is 2. The van der Waals surface area contributed by atoms with Crippen molar-refractivity contribution >= 4 is 33.4 Å². The molecule has 144 valence electrons. The summed E-state index contributed by atoms with van der Waals surface area (Å²) >= 11 is 3.32. The van der Waals surface area contributed by atoms with Crippen molar-refractivity contribution in [1.82, 2.24) is 15.1 Å². The molecule has 0 bridgehead atoms. The van der Waals surface area contributed by atoms with Gasteiger partial charge in [-0.25, -0.2) is 13.5 Å². The van der Waals surface area contributed by atoms with Crippen LogP contribution >= 0.6 is 15.9 Å². The Hall–Kier alpha value is -3.07. The van der Waals surface area contributed by atoms with Crippen LogP contribution in [0.15, 0.2) is 59.3 Å². The number of carbonyl (C=O) groups excluding carboxylic acids is 2.